The van der Waals surface area contributed by atoms with Crippen molar-refractivity contribution >= 4 is 38.4 Å². The van der Waals surface area contributed by atoms with Gasteiger partial charge in [0.2, 0.25) is 0 Å². The Morgan fingerprint density at radius 3 is 2.73 bits per heavy atom. The van der Waals surface area contributed by atoms with E-state index >= 15 is 0 Å². The van der Waals surface area contributed by atoms with Gasteiger partial charge in [-0.15, -0.1) is 11.3 Å². The van der Waals surface area contributed by atoms with Crippen molar-refractivity contribution in [1.29, 1.82) is 0 Å². The molecule has 3 heterocycles. The fourth-order valence-electron chi connectivity index (χ4n) is 3.03. The summed E-state index contributed by atoms with van der Waals surface area (Å²) in [5.74, 6) is 1.58. The molecule has 5 rings (SSSR count). The van der Waals surface area contributed by atoms with E-state index in [0.717, 1.165) is 22.7 Å². The average Bonchev–Trinajstić information content (AvgIpc) is 3.31. The monoisotopic (exact) mass is 357 g/mol. The van der Waals surface area contributed by atoms with E-state index in [4.69, 9.17) is 0 Å². The van der Waals surface area contributed by atoms with Crippen molar-refractivity contribution in [3.05, 3.63) is 71.9 Å². The second-order valence-corrected chi connectivity index (χ2v) is 6.90. The first kappa shape index (κ1) is 15.0. The van der Waals surface area contributed by atoms with Gasteiger partial charge in [0.25, 0.3) is 0 Å². The van der Waals surface area contributed by atoms with Crippen molar-refractivity contribution in [3.8, 4) is 11.4 Å². The number of H-pyrrole nitrogens is 1. The van der Waals surface area contributed by atoms with Crippen LogP contribution >= 0.6 is 11.3 Å². The Balaban J connectivity index is 1.53. The zero-order valence-electron chi connectivity index (χ0n) is 13.8. The van der Waals surface area contributed by atoms with Gasteiger partial charge in [-0.3, -0.25) is 0 Å². The molecular formula is C20H15N5S. The number of fused-ring (bicyclic) bond motifs is 2. The smallest absolute Gasteiger partial charge is 0.183 e. The van der Waals surface area contributed by atoms with Crippen molar-refractivity contribution in [2.24, 2.45) is 0 Å². The molecule has 0 radical (unpaired) electrons. The number of thiophene rings is 1. The van der Waals surface area contributed by atoms with Crippen LogP contribution in [0.25, 0.3) is 32.6 Å². The number of nitrogens with zero attached hydrogens (tertiary/aromatic N) is 3. The molecule has 2 N–H and O–H groups in total. The fraction of sp³-hybridized carbons (Fsp3) is 0.0500. The van der Waals surface area contributed by atoms with Gasteiger partial charge in [-0.2, -0.15) is 0 Å². The average molecular weight is 357 g/mol. The number of anilines is 1. The molecule has 26 heavy (non-hydrogen) atoms. The Hall–Kier alpha value is -3.25. The maximum absolute atomic E-state index is 4.68. The summed E-state index contributed by atoms with van der Waals surface area (Å²) in [6.45, 7) is 0.697. The van der Waals surface area contributed by atoms with Crippen LogP contribution in [0.4, 0.5) is 5.82 Å². The molecule has 2 aromatic carbocycles. The lowest BCUT2D eigenvalue weighted by Gasteiger charge is -2.05. The highest BCUT2D eigenvalue weighted by Gasteiger charge is 2.14. The van der Waals surface area contributed by atoms with Gasteiger partial charge in [0, 0.05) is 27.6 Å². The number of aromatic nitrogens is 4. The minimum atomic E-state index is 0.667. The van der Waals surface area contributed by atoms with Crippen LogP contribution in [0.2, 0.25) is 0 Å². The van der Waals surface area contributed by atoms with E-state index in [1.807, 2.05) is 24.3 Å². The van der Waals surface area contributed by atoms with E-state index < -0.39 is 0 Å². The van der Waals surface area contributed by atoms with Gasteiger partial charge in [-0.25, -0.2) is 15.0 Å². The predicted octanol–water partition coefficient (Wildman–Crippen LogP) is 4.85. The van der Waals surface area contributed by atoms with Gasteiger partial charge < -0.3 is 10.3 Å². The summed E-state index contributed by atoms with van der Waals surface area (Å²) in [6, 6.07) is 18.6. The molecular weight excluding hydrogens is 342 g/mol. The minimum Gasteiger partial charge on any atom is -0.364 e. The van der Waals surface area contributed by atoms with Gasteiger partial charge in [-0.1, -0.05) is 48.5 Å². The second-order valence-electron chi connectivity index (χ2n) is 5.99. The van der Waals surface area contributed by atoms with Crippen LogP contribution in [0.5, 0.6) is 0 Å². The van der Waals surface area contributed by atoms with Crippen LogP contribution in [0.15, 0.2) is 66.3 Å². The zero-order chi connectivity index (χ0) is 17.3. The molecule has 0 saturated heterocycles. The van der Waals surface area contributed by atoms with Gasteiger partial charge in [0.15, 0.2) is 11.5 Å². The van der Waals surface area contributed by atoms with E-state index in [2.05, 4.69) is 61.0 Å². The third kappa shape index (κ3) is 2.60. The largest absolute Gasteiger partial charge is 0.364 e. The molecule has 126 valence electrons. The molecule has 5 nitrogen and oxygen atoms in total. The fourth-order valence-corrected chi connectivity index (χ4v) is 3.98. The van der Waals surface area contributed by atoms with Crippen LogP contribution in [-0.2, 0) is 6.54 Å². The predicted molar refractivity (Wildman–Crippen MR) is 106 cm³/mol. The molecule has 0 amide bonds. The number of benzene rings is 2. The molecule has 5 aromatic rings. The molecule has 6 heteroatoms. The van der Waals surface area contributed by atoms with E-state index in [9.17, 15) is 0 Å². The standard InChI is InChI=1S/C20H15N5S/c1-2-6-13(7-3-1)10-21-19-17-20(23-12-22-19)25-18(24-17)15-11-26-16-9-5-4-8-14(15)16/h1-9,11-12H,10H2,(H2,21,22,23,24,25). The van der Waals surface area contributed by atoms with Crippen LogP contribution in [-0.4, -0.2) is 19.9 Å². The van der Waals surface area contributed by atoms with Crippen molar-refractivity contribution in [2.45, 2.75) is 6.54 Å². The molecule has 0 saturated carbocycles. The normalized spacial score (nSPS) is 11.2. The quantitative estimate of drug-likeness (QED) is 0.483. The molecule has 0 spiro atoms. The van der Waals surface area contributed by atoms with Crippen molar-refractivity contribution < 1.29 is 0 Å². The Labute approximate surface area is 153 Å². The Kier molecular flexibility index (Phi) is 3.61. The maximum atomic E-state index is 4.68. The molecule has 0 atom stereocenters. The first-order chi connectivity index (χ1) is 12.9. The molecule has 0 unspecified atom stereocenters. The first-order valence-corrected chi connectivity index (χ1v) is 9.21. The van der Waals surface area contributed by atoms with Crippen molar-refractivity contribution in [3.63, 3.8) is 0 Å². The zero-order valence-corrected chi connectivity index (χ0v) is 14.6. The van der Waals surface area contributed by atoms with Crippen LogP contribution < -0.4 is 5.32 Å². The number of rotatable bonds is 4. The topological polar surface area (TPSA) is 66.5 Å². The number of hydrogen-bond donors (Lipinski definition) is 2. The third-order valence-corrected chi connectivity index (χ3v) is 5.29. The Morgan fingerprint density at radius 1 is 0.962 bits per heavy atom. The van der Waals surface area contributed by atoms with E-state index in [0.29, 0.717) is 12.2 Å². The summed E-state index contributed by atoms with van der Waals surface area (Å²) in [5.41, 5.74) is 3.79. The van der Waals surface area contributed by atoms with Crippen LogP contribution in [0.3, 0.4) is 0 Å². The lowest BCUT2D eigenvalue weighted by Crippen LogP contribution is -2.02. The van der Waals surface area contributed by atoms with Crippen molar-refractivity contribution in [1.82, 2.24) is 19.9 Å². The van der Waals surface area contributed by atoms with E-state index in [-0.39, 0.29) is 0 Å². The van der Waals surface area contributed by atoms with Crippen LogP contribution in [0, 0.1) is 0 Å². The van der Waals surface area contributed by atoms with Gasteiger partial charge >= 0.3 is 0 Å². The molecule has 0 aliphatic carbocycles. The van der Waals surface area contributed by atoms with Crippen molar-refractivity contribution in [2.75, 3.05) is 5.32 Å². The van der Waals surface area contributed by atoms with E-state index in [1.54, 1.807) is 17.7 Å². The Bertz CT molecular complexity index is 1190. The molecule has 0 fully saturated rings. The lowest BCUT2D eigenvalue weighted by molar-refractivity contribution is 1.10. The van der Waals surface area contributed by atoms with Gasteiger partial charge in [-0.05, 0) is 11.6 Å². The van der Waals surface area contributed by atoms with Gasteiger partial charge in [0.1, 0.15) is 17.7 Å². The van der Waals surface area contributed by atoms with E-state index in [1.165, 1.54) is 15.6 Å². The summed E-state index contributed by atoms with van der Waals surface area (Å²) in [4.78, 5) is 16.8. The summed E-state index contributed by atoms with van der Waals surface area (Å²) in [6.07, 6.45) is 1.55. The molecule has 0 bridgehead atoms. The summed E-state index contributed by atoms with van der Waals surface area (Å²) >= 11 is 1.72. The summed E-state index contributed by atoms with van der Waals surface area (Å²) in [7, 11) is 0. The molecule has 0 aliphatic heterocycles. The van der Waals surface area contributed by atoms with Crippen LogP contribution in [0.1, 0.15) is 5.56 Å². The Morgan fingerprint density at radius 2 is 1.81 bits per heavy atom. The second kappa shape index (κ2) is 6.24. The minimum absolute atomic E-state index is 0.667. The highest BCUT2D eigenvalue weighted by Crippen LogP contribution is 2.33. The first-order valence-electron chi connectivity index (χ1n) is 8.33. The molecule has 0 aliphatic rings. The number of hydrogen-bond acceptors (Lipinski definition) is 5. The number of aromatic amines is 1. The summed E-state index contributed by atoms with van der Waals surface area (Å²) in [5, 5.41) is 6.71. The lowest BCUT2D eigenvalue weighted by atomic mass is 10.2. The molecule has 3 aromatic heterocycles. The third-order valence-electron chi connectivity index (χ3n) is 4.33. The highest BCUT2D eigenvalue weighted by molar-refractivity contribution is 7.17. The number of imidazole rings is 1. The number of nitrogens with one attached hydrogen (secondary N) is 2. The van der Waals surface area contributed by atoms with Gasteiger partial charge in [0.05, 0.1) is 0 Å². The highest BCUT2D eigenvalue weighted by atomic mass is 32.1. The maximum Gasteiger partial charge on any atom is 0.183 e. The SMILES string of the molecule is c1ccc(CNc2ncnc3nc(-c4csc5ccccc45)[nH]c23)cc1. The summed E-state index contributed by atoms with van der Waals surface area (Å²) < 4.78 is 1.25.